The first kappa shape index (κ1) is 12.4. The minimum atomic E-state index is -0.679. The summed E-state index contributed by atoms with van der Waals surface area (Å²) in [6, 6.07) is 2.34. The molecule has 0 saturated carbocycles. The first-order valence-electron chi connectivity index (χ1n) is 5.19. The Morgan fingerprint density at radius 3 is 3.00 bits per heavy atom. The summed E-state index contributed by atoms with van der Waals surface area (Å²) in [6.45, 7) is 3.90. The third-order valence-electron chi connectivity index (χ3n) is 2.23. The van der Waals surface area contributed by atoms with Gasteiger partial charge >= 0.3 is 0 Å². The molecule has 0 fully saturated rings. The predicted octanol–water partition coefficient (Wildman–Crippen LogP) is 0.630. The van der Waals surface area contributed by atoms with Crippen molar-refractivity contribution >= 4 is 10.8 Å². The fraction of sp³-hybridized carbons (Fsp3) is 0.700. The monoisotopic (exact) mass is 229 g/mol. The molecule has 0 amide bonds. The molecule has 0 aliphatic rings. The number of aromatic nitrogens is 2. The van der Waals surface area contributed by atoms with E-state index in [9.17, 15) is 4.21 Å². The molecule has 0 radical (unpaired) electrons. The van der Waals surface area contributed by atoms with Crippen LogP contribution in [0, 0.1) is 0 Å². The molecule has 0 aliphatic carbocycles. The number of rotatable bonds is 7. The molecule has 1 heterocycles. The molecule has 1 rings (SSSR count). The third-order valence-corrected chi connectivity index (χ3v) is 3.04. The van der Waals surface area contributed by atoms with Crippen LogP contribution in [0.4, 0.5) is 0 Å². The number of nitrogens with zero attached hydrogens (tertiary/aromatic N) is 2. The zero-order valence-corrected chi connectivity index (χ0v) is 10.2. The van der Waals surface area contributed by atoms with Crippen molar-refractivity contribution in [3.63, 3.8) is 0 Å². The van der Waals surface area contributed by atoms with Crippen LogP contribution >= 0.6 is 0 Å². The largest absolute Gasteiger partial charge is 0.312 e. The summed E-state index contributed by atoms with van der Waals surface area (Å²) in [4.78, 5) is 0. The minimum absolute atomic E-state index is 0.421. The van der Waals surface area contributed by atoms with Crippen molar-refractivity contribution < 1.29 is 4.21 Å². The predicted molar refractivity (Wildman–Crippen MR) is 63.2 cm³/mol. The van der Waals surface area contributed by atoms with Gasteiger partial charge in [-0.3, -0.25) is 8.89 Å². The molecule has 1 N–H and O–H groups in total. The van der Waals surface area contributed by atoms with Gasteiger partial charge in [-0.15, -0.1) is 0 Å². The van der Waals surface area contributed by atoms with E-state index < -0.39 is 10.8 Å². The Hall–Kier alpha value is -0.680. The van der Waals surface area contributed by atoms with Crippen LogP contribution in [0.15, 0.2) is 18.5 Å². The zero-order valence-electron chi connectivity index (χ0n) is 9.35. The molecule has 5 heteroatoms. The lowest BCUT2D eigenvalue weighted by Gasteiger charge is -2.12. The SMILES string of the molecule is CC(CCS(C)=O)NCCn1cccn1. The Morgan fingerprint density at radius 2 is 2.40 bits per heavy atom. The molecule has 0 bridgehead atoms. The molecule has 1 aromatic rings. The highest BCUT2D eigenvalue weighted by Crippen LogP contribution is 1.92. The number of nitrogens with one attached hydrogen (secondary N) is 1. The fourth-order valence-electron chi connectivity index (χ4n) is 1.30. The molecule has 2 unspecified atom stereocenters. The Labute approximate surface area is 93.5 Å². The molecule has 4 nitrogen and oxygen atoms in total. The fourth-order valence-corrected chi connectivity index (χ4v) is 1.99. The molecule has 0 spiro atoms. The Kier molecular flexibility index (Phi) is 5.57. The molecule has 1 aromatic heterocycles. The zero-order chi connectivity index (χ0) is 11.1. The van der Waals surface area contributed by atoms with Crippen LogP contribution in [-0.2, 0) is 17.3 Å². The summed E-state index contributed by atoms with van der Waals surface area (Å²) < 4.78 is 12.8. The average Bonchev–Trinajstić information content (AvgIpc) is 2.67. The molecule has 0 saturated heterocycles. The van der Waals surface area contributed by atoms with Gasteiger partial charge in [0.15, 0.2) is 0 Å². The van der Waals surface area contributed by atoms with Crippen molar-refractivity contribution in [2.45, 2.75) is 25.9 Å². The summed E-state index contributed by atoms with van der Waals surface area (Å²) in [7, 11) is -0.679. The van der Waals surface area contributed by atoms with Crippen LogP contribution in [0.25, 0.3) is 0 Å². The molecule has 86 valence electrons. The Balaban J connectivity index is 2.06. The van der Waals surface area contributed by atoms with Gasteiger partial charge in [0.05, 0.1) is 6.54 Å². The van der Waals surface area contributed by atoms with Gasteiger partial charge in [0, 0.05) is 47.8 Å². The van der Waals surface area contributed by atoms with Crippen LogP contribution in [0.3, 0.4) is 0 Å². The van der Waals surface area contributed by atoms with Crippen LogP contribution in [0.1, 0.15) is 13.3 Å². The smallest absolute Gasteiger partial charge is 0.0534 e. The van der Waals surface area contributed by atoms with Crippen LogP contribution in [0.5, 0.6) is 0 Å². The van der Waals surface area contributed by atoms with Gasteiger partial charge in [0.2, 0.25) is 0 Å². The second-order valence-electron chi connectivity index (χ2n) is 3.69. The highest BCUT2D eigenvalue weighted by molar-refractivity contribution is 7.84. The highest BCUT2D eigenvalue weighted by atomic mass is 32.2. The maximum atomic E-state index is 10.9. The van der Waals surface area contributed by atoms with Crippen LogP contribution in [-0.4, -0.2) is 38.6 Å². The third kappa shape index (κ3) is 5.69. The van der Waals surface area contributed by atoms with E-state index in [1.807, 2.05) is 16.9 Å². The van der Waals surface area contributed by atoms with Gasteiger partial charge in [-0.1, -0.05) is 0 Å². The molecular formula is C10H19N3OS. The van der Waals surface area contributed by atoms with Crippen LogP contribution in [0.2, 0.25) is 0 Å². The highest BCUT2D eigenvalue weighted by Gasteiger charge is 2.01. The van der Waals surface area contributed by atoms with Crippen molar-refractivity contribution in [3.8, 4) is 0 Å². The van der Waals surface area contributed by atoms with Crippen molar-refractivity contribution in [2.24, 2.45) is 0 Å². The van der Waals surface area contributed by atoms with E-state index in [1.54, 1.807) is 12.5 Å². The first-order chi connectivity index (χ1) is 7.18. The lowest BCUT2D eigenvalue weighted by atomic mass is 10.2. The quantitative estimate of drug-likeness (QED) is 0.746. The molecule has 0 aromatic carbocycles. The van der Waals surface area contributed by atoms with Crippen molar-refractivity contribution in [3.05, 3.63) is 18.5 Å². The molecule has 0 aliphatic heterocycles. The molecular weight excluding hydrogens is 210 g/mol. The minimum Gasteiger partial charge on any atom is -0.312 e. The standard InChI is InChI=1S/C10H19N3OS/c1-10(4-9-15(2)14)11-6-8-13-7-3-5-12-13/h3,5,7,10-11H,4,6,8-9H2,1-2H3. The summed E-state index contributed by atoms with van der Waals surface area (Å²) in [5.41, 5.74) is 0. The Morgan fingerprint density at radius 1 is 1.60 bits per heavy atom. The maximum absolute atomic E-state index is 10.9. The normalized spacial score (nSPS) is 15.1. The lowest BCUT2D eigenvalue weighted by Crippen LogP contribution is -2.30. The van der Waals surface area contributed by atoms with Gasteiger partial charge in [-0.05, 0) is 19.4 Å². The van der Waals surface area contributed by atoms with Gasteiger partial charge in [-0.2, -0.15) is 5.10 Å². The first-order valence-corrected chi connectivity index (χ1v) is 6.92. The summed E-state index contributed by atoms with van der Waals surface area (Å²) in [6.07, 6.45) is 6.44. The second kappa shape index (κ2) is 6.74. The lowest BCUT2D eigenvalue weighted by molar-refractivity contribution is 0.488. The van der Waals surface area contributed by atoms with E-state index in [1.165, 1.54) is 0 Å². The van der Waals surface area contributed by atoms with Gasteiger partial charge < -0.3 is 5.32 Å². The van der Waals surface area contributed by atoms with E-state index >= 15 is 0 Å². The summed E-state index contributed by atoms with van der Waals surface area (Å²) >= 11 is 0. The van der Waals surface area contributed by atoms with Gasteiger partial charge in [-0.25, -0.2) is 0 Å². The molecule has 2 atom stereocenters. The maximum Gasteiger partial charge on any atom is 0.0534 e. The van der Waals surface area contributed by atoms with Crippen LogP contribution < -0.4 is 5.32 Å². The number of hydrogen-bond acceptors (Lipinski definition) is 3. The molecule has 15 heavy (non-hydrogen) atoms. The number of hydrogen-bond donors (Lipinski definition) is 1. The van der Waals surface area contributed by atoms with E-state index in [4.69, 9.17) is 0 Å². The van der Waals surface area contributed by atoms with Crippen molar-refractivity contribution in [2.75, 3.05) is 18.6 Å². The second-order valence-corrected chi connectivity index (χ2v) is 5.24. The van der Waals surface area contributed by atoms with E-state index in [0.29, 0.717) is 6.04 Å². The van der Waals surface area contributed by atoms with E-state index in [0.717, 1.165) is 25.3 Å². The van der Waals surface area contributed by atoms with Gasteiger partial charge in [0.1, 0.15) is 0 Å². The van der Waals surface area contributed by atoms with Crippen molar-refractivity contribution in [1.82, 2.24) is 15.1 Å². The van der Waals surface area contributed by atoms with Gasteiger partial charge in [0.25, 0.3) is 0 Å². The van der Waals surface area contributed by atoms with E-state index in [2.05, 4.69) is 17.3 Å². The summed E-state index contributed by atoms with van der Waals surface area (Å²) in [5.74, 6) is 0.774. The Bertz CT molecular complexity index is 287. The average molecular weight is 229 g/mol. The topological polar surface area (TPSA) is 46.9 Å². The summed E-state index contributed by atoms with van der Waals surface area (Å²) in [5, 5.41) is 7.50. The van der Waals surface area contributed by atoms with Crippen molar-refractivity contribution in [1.29, 1.82) is 0 Å². The van der Waals surface area contributed by atoms with E-state index in [-0.39, 0.29) is 0 Å².